The van der Waals surface area contributed by atoms with E-state index in [4.69, 9.17) is 10.5 Å². The zero-order chi connectivity index (χ0) is 15.5. The Labute approximate surface area is 125 Å². The van der Waals surface area contributed by atoms with Gasteiger partial charge >= 0.3 is 0 Å². The molecule has 21 heavy (non-hydrogen) atoms. The Morgan fingerprint density at radius 1 is 1.29 bits per heavy atom. The highest BCUT2D eigenvalue weighted by Crippen LogP contribution is 2.15. The van der Waals surface area contributed by atoms with E-state index < -0.39 is 0 Å². The number of pyridine rings is 1. The molecule has 1 aliphatic rings. The van der Waals surface area contributed by atoms with Crippen LogP contribution in [0.25, 0.3) is 0 Å². The second-order valence-corrected chi connectivity index (χ2v) is 6.22. The molecule has 2 heterocycles. The number of rotatable bonds is 3. The van der Waals surface area contributed by atoms with Crippen molar-refractivity contribution in [2.45, 2.75) is 26.4 Å². The first-order valence-electron chi connectivity index (χ1n) is 7.23. The summed E-state index contributed by atoms with van der Waals surface area (Å²) in [5.74, 6) is 0.956. The molecule has 2 rings (SSSR count). The predicted octanol–water partition coefficient (Wildman–Crippen LogP) is 1.13. The molecule has 0 spiro atoms. The third-order valence-electron chi connectivity index (χ3n) is 3.36. The quantitative estimate of drug-likeness (QED) is 0.904. The van der Waals surface area contributed by atoms with E-state index >= 15 is 0 Å². The van der Waals surface area contributed by atoms with Gasteiger partial charge < -0.3 is 20.3 Å². The van der Waals surface area contributed by atoms with Crippen molar-refractivity contribution >= 4 is 17.4 Å². The van der Waals surface area contributed by atoms with Crippen molar-refractivity contribution in [1.29, 1.82) is 0 Å². The molecule has 2 N–H and O–H groups in total. The number of hydrogen-bond donors (Lipinski definition) is 1. The molecule has 1 fully saturated rings. The summed E-state index contributed by atoms with van der Waals surface area (Å²) in [4.78, 5) is 20.4. The molecular formula is C15H24N4O2. The van der Waals surface area contributed by atoms with Crippen molar-refractivity contribution in [3.05, 3.63) is 18.3 Å². The fraction of sp³-hybridized carbons (Fsp3) is 0.600. The summed E-state index contributed by atoms with van der Waals surface area (Å²) in [6, 6.07) is 3.76. The predicted molar refractivity (Wildman–Crippen MR) is 83.1 cm³/mol. The van der Waals surface area contributed by atoms with Gasteiger partial charge in [-0.25, -0.2) is 4.98 Å². The Kier molecular flexibility index (Phi) is 4.67. The van der Waals surface area contributed by atoms with Crippen LogP contribution >= 0.6 is 0 Å². The summed E-state index contributed by atoms with van der Waals surface area (Å²) in [7, 11) is 0. The summed E-state index contributed by atoms with van der Waals surface area (Å²) >= 11 is 0. The molecule has 6 nitrogen and oxygen atoms in total. The van der Waals surface area contributed by atoms with E-state index in [1.54, 1.807) is 6.20 Å². The lowest BCUT2D eigenvalue weighted by Gasteiger charge is -2.35. The van der Waals surface area contributed by atoms with E-state index in [1.165, 1.54) is 0 Å². The number of hydrogen-bond acceptors (Lipinski definition) is 5. The van der Waals surface area contributed by atoms with E-state index in [0.29, 0.717) is 18.8 Å². The van der Waals surface area contributed by atoms with Crippen molar-refractivity contribution in [2.75, 3.05) is 43.4 Å². The molecule has 1 aliphatic heterocycles. The van der Waals surface area contributed by atoms with Gasteiger partial charge in [0.1, 0.15) is 12.4 Å². The molecule has 0 aromatic carbocycles. The number of anilines is 2. The third kappa shape index (κ3) is 4.60. The minimum Gasteiger partial charge on any atom is -0.397 e. The lowest BCUT2D eigenvalue weighted by atomic mass is 10.2. The van der Waals surface area contributed by atoms with Gasteiger partial charge in [0.15, 0.2) is 0 Å². The highest BCUT2D eigenvalue weighted by atomic mass is 16.5. The van der Waals surface area contributed by atoms with Gasteiger partial charge in [-0.05, 0) is 32.9 Å². The number of nitrogens with two attached hydrogens (primary N) is 1. The van der Waals surface area contributed by atoms with Crippen LogP contribution in [0, 0.1) is 0 Å². The van der Waals surface area contributed by atoms with Crippen LogP contribution in [0.2, 0.25) is 0 Å². The maximum Gasteiger partial charge on any atom is 0.248 e. The van der Waals surface area contributed by atoms with Crippen LogP contribution in [0.4, 0.5) is 11.5 Å². The molecule has 0 radical (unpaired) electrons. The Bertz CT molecular complexity index is 473. The number of carbonyl (C=O) groups excluding carboxylic acids is 1. The third-order valence-corrected chi connectivity index (χ3v) is 3.36. The Morgan fingerprint density at radius 3 is 2.48 bits per heavy atom. The Hall–Kier alpha value is -1.82. The van der Waals surface area contributed by atoms with Crippen LogP contribution in [-0.2, 0) is 9.53 Å². The molecular weight excluding hydrogens is 268 g/mol. The molecule has 1 aromatic rings. The first-order chi connectivity index (χ1) is 9.85. The second-order valence-electron chi connectivity index (χ2n) is 6.22. The van der Waals surface area contributed by atoms with Crippen LogP contribution < -0.4 is 10.6 Å². The average molecular weight is 292 g/mol. The number of piperazine rings is 1. The van der Waals surface area contributed by atoms with Gasteiger partial charge in [0, 0.05) is 26.2 Å². The number of nitrogens with zero attached hydrogens (tertiary/aromatic N) is 3. The van der Waals surface area contributed by atoms with Gasteiger partial charge in [0.05, 0.1) is 17.5 Å². The highest BCUT2D eigenvalue weighted by molar-refractivity contribution is 5.77. The Morgan fingerprint density at radius 2 is 1.95 bits per heavy atom. The normalized spacial score (nSPS) is 16.1. The molecule has 0 aliphatic carbocycles. The minimum atomic E-state index is -0.286. The lowest BCUT2D eigenvalue weighted by molar-refractivity contribution is -0.141. The average Bonchev–Trinajstić information content (AvgIpc) is 2.45. The maximum absolute atomic E-state index is 12.1. The first kappa shape index (κ1) is 15.6. The van der Waals surface area contributed by atoms with Crippen molar-refractivity contribution in [3.63, 3.8) is 0 Å². The van der Waals surface area contributed by atoms with Crippen LogP contribution in [-0.4, -0.2) is 54.2 Å². The monoisotopic (exact) mass is 292 g/mol. The molecule has 6 heteroatoms. The molecule has 0 unspecified atom stereocenters. The number of nitrogen functional groups attached to an aromatic ring is 1. The molecule has 1 amide bonds. The van der Waals surface area contributed by atoms with Crippen molar-refractivity contribution in [1.82, 2.24) is 9.88 Å². The maximum atomic E-state index is 12.1. The summed E-state index contributed by atoms with van der Waals surface area (Å²) in [6.45, 7) is 8.93. The van der Waals surface area contributed by atoms with Crippen LogP contribution in [0.3, 0.4) is 0 Å². The van der Waals surface area contributed by atoms with Crippen LogP contribution in [0.15, 0.2) is 18.3 Å². The summed E-state index contributed by atoms with van der Waals surface area (Å²) in [5, 5.41) is 0. The first-order valence-corrected chi connectivity index (χ1v) is 7.23. The smallest absolute Gasteiger partial charge is 0.248 e. The lowest BCUT2D eigenvalue weighted by Crippen LogP contribution is -2.50. The van der Waals surface area contributed by atoms with Crippen molar-refractivity contribution in [3.8, 4) is 0 Å². The fourth-order valence-electron chi connectivity index (χ4n) is 2.14. The summed E-state index contributed by atoms with van der Waals surface area (Å²) in [5.41, 5.74) is 6.01. The molecule has 0 saturated carbocycles. The van der Waals surface area contributed by atoms with Gasteiger partial charge in [-0.2, -0.15) is 0 Å². The van der Waals surface area contributed by atoms with E-state index in [1.807, 2.05) is 37.8 Å². The number of aromatic nitrogens is 1. The molecule has 116 valence electrons. The SMILES string of the molecule is CC(C)(C)OCC(=O)N1CCN(c2ccc(N)cn2)CC1. The second kappa shape index (κ2) is 6.30. The largest absolute Gasteiger partial charge is 0.397 e. The van der Waals surface area contributed by atoms with E-state index in [2.05, 4.69) is 9.88 Å². The van der Waals surface area contributed by atoms with Gasteiger partial charge in [-0.15, -0.1) is 0 Å². The number of ether oxygens (including phenoxy) is 1. The topological polar surface area (TPSA) is 71.7 Å². The van der Waals surface area contributed by atoms with Gasteiger partial charge in [0.2, 0.25) is 5.91 Å². The van der Waals surface area contributed by atoms with E-state index in [9.17, 15) is 4.79 Å². The standard InChI is InChI=1S/C15H24N4O2/c1-15(2,3)21-11-14(20)19-8-6-18(7-9-19)13-5-4-12(16)10-17-13/h4-5,10H,6-9,11,16H2,1-3H3. The van der Waals surface area contributed by atoms with Gasteiger partial charge in [-0.1, -0.05) is 0 Å². The molecule has 0 atom stereocenters. The van der Waals surface area contributed by atoms with Gasteiger partial charge in [0.25, 0.3) is 0 Å². The fourth-order valence-corrected chi connectivity index (χ4v) is 2.14. The zero-order valence-electron chi connectivity index (χ0n) is 13.0. The van der Waals surface area contributed by atoms with Gasteiger partial charge in [-0.3, -0.25) is 4.79 Å². The molecule has 1 aromatic heterocycles. The number of carbonyl (C=O) groups is 1. The van der Waals surface area contributed by atoms with E-state index in [-0.39, 0.29) is 18.1 Å². The molecule has 0 bridgehead atoms. The summed E-state index contributed by atoms with van der Waals surface area (Å²) in [6.07, 6.45) is 1.66. The van der Waals surface area contributed by atoms with Crippen LogP contribution in [0.1, 0.15) is 20.8 Å². The van der Waals surface area contributed by atoms with Crippen molar-refractivity contribution < 1.29 is 9.53 Å². The Balaban J connectivity index is 1.82. The van der Waals surface area contributed by atoms with E-state index in [0.717, 1.165) is 18.9 Å². The highest BCUT2D eigenvalue weighted by Gasteiger charge is 2.23. The molecule has 1 saturated heterocycles. The number of amides is 1. The zero-order valence-corrected chi connectivity index (χ0v) is 13.0. The van der Waals surface area contributed by atoms with Crippen molar-refractivity contribution in [2.24, 2.45) is 0 Å². The van der Waals surface area contributed by atoms with Crippen LogP contribution in [0.5, 0.6) is 0 Å². The summed E-state index contributed by atoms with van der Waals surface area (Å²) < 4.78 is 5.54. The minimum absolute atomic E-state index is 0.0508.